The molecule has 1 aliphatic rings. The maximum absolute atomic E-state index is 10.4. The molecule has 2 atom stereocenters. The Balaban J connectivity index is 2.10. The van der Waals surface area contributed by atoms with Gasteiger partial charge in [0.1, 0.15) is 0 Å². The van der Waals surface area contributed by atoms with E-state index in [2.05, 4.69) is 19.1 Å². The Bertz CT molecular complexity index is 184. The van der Waals surface area contributed by atoms with E-state index < -0.39 is 5.97 Å². The molecule has 68 valence electrons. The minimum absolute atomic E-state index is 0.0807. The molecular weight excluding hydrogens is 152 g/mol. The number of carbonyl (C=O) groups is 1. The molecule has 2 nitrogen and oxygen atoms in total. The smallest absolute Gasteiger partial charge is 0.307 e. The first kappa shape index (κ1) is 9.30. The van der Waals surface area contributed by atoms with Crippen molar-refractivity contribution in [3.05, 3.63) is 12.2 Å². The fraction of sp³-hybridized carbons (Fsp3) is 0.700. The van der Waals surface area contributed by atoms with E-state index in [0.29, 0.717) is 5.92 Å². The van der Waals surface area contributed by atoms with Crippen LogP contribution in [0.1, 0.15) is 32.6 Å². The van der Waals surface area contributed by atoms with Crippen molar-refractivity contribution in [2.75, 3.05) is 0 Å². The molecule has 1 N–H and O–H groups in total. The van der Waals surface area contributed by atoms with Crippen molar-refractivity contribution in [2.45, 2.75) is 32.6 Å². The summed E-state index contributed by atoms with van der Waals surface area (Å²) in [6.45, 7) is 2.16. The van der Waals surface area contributed by atoms with E-state index in [-0.39, 0.29) is 5.92 Å². The summed E-state index contributed by atoms with van der Waals surface area (Å²) in [5, 5.41) is 8.59. The normalized spacial score (nSPS) is 27.8. The second-order valence-electron chi connectivity index (χ2n) is 3.41. The van der Waals surface area contributed by atoms with Crippen molar-refractivity contribution in [3.63, 3.8) is 0 Å². The lowest BCUT2D eigenvalue weighted by atomic mass is 10.2. The van der Waals surface area contributed by atoms with Gasteiger partial charge in [-0.3, -0.25) is 4.79 Å². The minimum Gasteiger partial charge on any atom is -0.481 e. The molecular formula is C10H16O2. The minimum atomic E-state index is -0.639. The Labute approximate surface area is 73.3 Å². The van der Waals surface area contributed by atoms with Crippen LogP contribution in [0.15, 0.2) is 12.2 Å². The highest BCUT2D eigenvalue weighted by Gasteiger charge is 2.40. The molecule has 1 aliphatic carbocycles. The van der Waals surface area contributed by atoms with E-state index in [9.17, 15) is 4.79 Å². The fourth-order valence-electron chi connectivity index (χ4n) is 1.30. The van der Waals surface area contributed by atoms with Gasteiger partial charge in [-0.1, -0.05) is 31.9 Å². The van der Waals surface area contributed by atoms with Gasteiger partial charge >= 0.3 is 5.97 Å². The van der Waals surface area contributed by atoms with Crippen LogP contribution in [0.4, 0.5) is 0 Å². The third-order valence-corrected chi connectivity index (χ3v) is 2.26. The second kappa shape index (κ2) is 4.29. The number of aliphatic carboxylic acids is 1. The lowest BCUT2D eigenvalue weighted by Crippen LogP contribution is -1.97. The molecule has 0 saturated heterocycles. The quantitative estimate of drug-likeness (QED) is 0.505. The first-order valence-electron chi connectivity index (χ1n) is 4.65. The number of hydrogen-bond donors (Lipinski definition) is 1. The maximum Gasteiger partial charge on any atom is 0.307 e. The molecule has 12 heavy (non-hydrogen) atoms. The van der Waals surface area contributed by atoms with E-state index in [1.54, 1.807) is 0 Å². The largest absolute Gasteiger partial charge is 0.481 e. The van der Waals surface area contributed by atoms with Crippen molar-refractivity contribution >= 4 is 5.97 Å². The van der Waals surface area contributed by atoms with Gasteiger partial charge in [-0.2, -0.15) is 0 Å². The molecule has 0 spiro atoms. The summed E-state index contributed by atoms with van der Waals surface area (Å²) in [5.74, 6) is -0.387. The monoisotopic (exact) mass is 168 g/mol. The number of carboxylic acid groups (broad SMARTS) is 1. The lowest BCUT2D eigenvalue weighted by molar-refractivity contribution is -0.138. The molecule has 0 aliphatic heterocycles. The summed E-state index contributed by atoms with van der Waals surface area (Å²) in [6, 6.07) is 0. The van der Waals surface area contributed by atoms with Crippen LogP contribution in [0.5, 0.6) is 0 Å². The van der Waals surface area contributed by atoms with Crippen LogP contribution < -0.4 is 0 Å². The third-order valence-electron chi connectivity index (χ3n) is 2.26. The van der Waals surface area contributed by atoms with Crippen LogP contribution in [0.2, 0.25) is 0 Å². The highest BCUT2D eigenvalue weighted by Crippen LogP contribution is 2.39. The van der Waals surface area contributed by atoms with Crippen molar-refractivity contribution < 1.29 is 9.90 Å². The molecule has 1 fully saturated rings. The Morgan fingerprint density at radius 2 is 2.42 bits per heavy atom. The van der Waals surface area contributed by atoms with Crippen molar-refractivity contribution in [2.24, 2.45) is 11.8 Å². The molecule has 2 heteroatoms. The van der Waals surface area contributed by atoms with Crippen molar-refractivity contribution in [3.8, 4) is 0 Å². The predicted molar refractivity (Wildman–Crippen MR) is 47.9 cm³/mol. The van der Waals surface area contributed by atoms with Gasteiger partial charge in [-0.15, -0.1) is 0 Å². The molecule has 1 rings (SSSR count). The van der Waals surface area contributed by atoms with Crippen LogP contribution in [0.3, 0.4) is 0 Å². The van der Waals surface area contributed by atoms with Gasteiger partial charge in [-0.05, 0) is 18.8 Å². The maximum atomic E-state index is 10.4. The Hall–Kier alpha value is -0.790. The Kier molecular flexibility index (Phi) is 3.32. The average Bonchev–Trinajstić information content (AvgIpc) is 2.77. The van der Waals surface area contributed by atoms with Crippen LogP contribution >= 0.6 is 0 Å². The lowest BCUT2D eigenvalue weighted by Gasteiger charge is -1.88. The van der Waals surface area contributed by atoms with Crippen LogP contribution in [0.25, 0.3) is 0 Å². The molecule has 0 aromatic rings. The fourth-order valence-corrected chi connectivity index (χ4v) is 1.30. The number of rotatable bonds is 5. The van der Waals surface area contributed by atoms with Gasteiger partial charge in [0.25, 0.3) is 0 Å². The molecule has 0 heterocycles. The van der Waals surface area contributed by atoms with Gasteiger partial charge in [0.2, 0.25) is 0 Å². The van der Waals surface area contributed by atoms with Gasteiger partial charge in [0, 0.05) is 0 Å². The number of carboxylic acids is 1. The topological polar surface area (TPSA) is 37.3 Å². The van der Waals surface area contributed by atoms with E-state index in [4.69, 9.17) is 5.11 Å². The third kappa shape index (κ3) is 2.68. The van der Waals surface area contributed by atoms with Crippen LogP contribution in [0, 0.1) is 11.8 Å². The Morgan fingerprint density at radius 3 is 2.92 bits per heavy atom. The summed E-state index contributed by atoms with van der Waals surface area (Å²) >= 11 is 0. The summed E-state index contributed by atoms with van der Waals surface area (Å²) < 4.78 is 0. The zero-order valence-corrected chi connectivity index (χ0v) is 7.49. The summed E-state index contributed by atoms with van der Waals surface area (Å²) in [4.78, 5) is 10.4. The first-order chi connectivity index (χ1) is 5.75. The van der Waals surface area contributed by atoms with Crippen molar-refractivity contribution in [1.82, 2.24) is 0 Å². The first-order valence-corrected chi connectivity index (χ1v) is 4.65. The second-order valence-corrected chi connectivity index (χ2v) is 3.41. The van der Waals surface area contributed by atoms with Crippen molar-refractivity contribution in [1.29, 1.82) is 0 Å². The highest BCUT2D eigenvalue weighted by molar-refractivity contribution is 5.73. The molecule has 1 saturated carbocycles. The zero-order valence-electron chi connectivity index (χ0n) is 7.49. The molecule has 0 bridgehead atoms. The standard InChI is InChI=1S/C10H16O2/c1-2-3-4-5-6-8-7-9(8)10(11)12/h5-6,8-9H,2-4,7H2,1H3,(H,11,12)/b6-5-/t8-,9+/m1/s1. The summed E-state index contributed by atoms with van der Waals surface area (Å²) in [6.07, 6.45) is 8.54. The van der Waals surface area contributed by atoms with E-state index >= 15 is 0 Å². The molecule has 0 aromatic carbocycles. The number of unbranched alkanes of at least 4 members (excludes halogenated alkanes) is 2. The summed E-state index contributed by atoms with van der Waals surface area (Å²) in [5.41, 5.74) is 0. The summed E-state index contributed by atoms with van der Waals surface area (Å²) in [7, 11) is 0. The molecule has 0 radical (unpaired) electrons. The van der Waals surface area contributed by atoms with Gasteiger partial charge in [0.15, 0.2) is 0 Å². The number of allylic oxidation sites excluding steroid dienone is 2. The molecule has 0 amide bonds. The van der Waals surface area contributed by atoms with Crippen LogP contribution in [-0.2, 0) is 4.79 Å². The highest BCUT2D eigenvalue weighted by atomic mass is 16.4. The van der Waals surface area contributed by atoms with Gasteiger partial charge in [0.05, 0.1) is 5.92 Å². The van der Waals surface area contributed by atoms with E-state index in [1.165, 1.54) is 12.8 Å². The predicted octanol–water partition coefficient (Wildman–Crippen LogP) is 2.45. The van der Waals surface area contributed by atoms with E-state index in [1.807, 2.05) is 0 Å². The van der Waals surface area contributed by atoms with Crippen LogP contribution in [-0.4, -0.2) is 11.1 Å². The Morgan fingerprint density at radius 1 is 1.67 bits per heavy atom. The average molecular weight is 168 g/mol. The van der Waals surface area contributed by atoms with Gasteiger partial charge in [-0.25, -0.2) is 0 Å². The van der Waals surface area contributed by atoms with E-state index in [0.717, 1.165) is 12.8 Å². The SMILES string of the molecule is CCCC/C=C\[C@@H]1C[C@@H]1C(=O)O. The van der Waals surface area contributed by atoms with Gasteiger partial charge < -0.3 is 5.11 Å². The number of hydrogen-bond acceptors (Lipinski definition) is 1. The molecule has 0 unspecified atom stereocenters. The molecule has 0 aromatic heterocycles. The zero-order chi connectivity index (χ0) is 8.97.